The molecule has 0 saturated carbocycles. The monoisotopic (exact) mass is 458 g/mol. The number of anilines is 1. The number of hydrogen-bond donors (Lipinski definition) is 3. The largest absolute Gasteiger partial charge is 0.480 e. The Balaban J connectivity index is 1.42. The second-order valence-corrected chi connectivity index (χ2v) is 7.80. The molecular weight excluding hydrogens is 436 g/mol. The van der Waals surface area contributed by atoms with Crippen molar-refractivity contribution < 1.29 is 29.0 Å². The summed E-state index contributed by atoms with van der Waals surface area (Å²) in [4.78, 5) is 47.6. The third kappa shape index (κ3) is 4.66. The van der Waals surface area contributed by atoms with Gasteiger partial charge in [-0.1, -0.05) is 60.7 Å². The van der Waals surface area contributed by atoms with Crippen LogP contribution in [0.5, 0.6) is 0 Å². The molecule has 0 radical (unpaired) electrons. The number of nitrogens with one attached hydrogen (secondary N) is 2. The third-order valence-corrected chi connectivity index (χ3v) is 5.77. The molecule has 0 unspecified atom stereocenters. The van der Waals surface area contributed by atoms with Gasteiger partial charge < -0.3 is 20.5 Å². The lowest BCUT2D eigenvalue weighted by Gasteiger charge is -2.17. The van der Waals surface area contributed by atoms with Crippen LogP contribution in [0.3, 0.4) is 0 Å². The second-order valence-electron chi connectivity index (χ2n) is 7.80. The quantitative estimate of drug-likeness (QED) is 0.331. The van der Waals surface area contributed by atoms with Gasteiger partial charge in [0.1, 0.15) is 12.6 Å². The second kappa shape index (κ2) is 9.99. The van der Waals surface area contributed by atoms with Crippen molar-refractivity contribution in [1.82, 2.24) is 5.32 Å². The summed E-state index contributed by atoms with van der Waals surface area (Å²) in [5.41, 5.74) is 4.61. The van der Waals surface area contributed by atoms with Gasteiger partial charge in [-0.2, -0.15) is 0 Å². The Bertz CT molecular complexity index is 1210. The molecule has 0 aromatic heterocycles. The van der Waals surface area contributed by atoms with Crippen molar-refractivity contribution in [3.63, 3.8) is 0 Å². The molecule has 0 saturated heterocycles. The summed E-state index contributed by atoms with van der Waals surface area (Å²) < 4.78 is 5.39. The molecule has 34 heavy (non-hydrogen) atoms. The van der Waals surface area contributed by atoms with Crippen molar-refractivity contribution in [2.24, 2.45) is 0 Å². The van der Waals surface area contributed by atoms with Crippen molar-refractivity contribution in [2.45, 2.75) is 18.4 Å². The van der Waals surface area contributed by atoms with Gasteiger partial charge in [-0.25, -0.2) is 9.59 Å². The number of ketones is 1. The molecule has 3 N–H and O–H groups in total. The number of carbonyl (C=O) groups is 4. The fraction of sp³-hybridized carbons (Fsp3) is 0.154. The molecule has 0 fully saturated rings. The minimum Gasteiger partial charge on any atom is -0.480 e. The van der Waals surface area contributed by atoms with Crippen LogP contribution in [0.2, 0.25) is 0 Å². The Labute approximate surface area is 195 Å². The van der Waals surface area contributed by atoms with Gasteiger partial charge in [0.05, 0.1) is 5.69 Å². The average molecular weight is 458 g/mol. The van der Waals surface area contributed by atoms with Gasteiger partial charge in [0, 0.05) is 17.9 Å². The number of Topliss-reactive ketones (excluding diaryl/α,β-unsaturated/α-hetero) is 1. The van der Waals surface area contributed by atoms with Gasteiger partial charge in [0.25, 0.3) is 0 Å². The highest BCUT2D eigenvalue weighted by Crippen LogP contribution is 2.44. The highest BCUT2D eigenvalue weighted by molar-refractivity contribution is 6.04. The smallest absolute Gasteiger partial charge is 0.407 e. The van der Waals surface area contributed by atoms with Gasteiger partial charge in [-0.3, -0.25) is 9.59 Å². The molecule has 2 amide bonds. The fourth-order valence-electron chi connectivity index (χ4n) is 4.19. The first kappa shape index (κ1) is 22.7. The predicted molar refractivity (Wildman–Crippen MR) is 125 cm³/mol. The number of carboxylic acid groups (broad SMARTS) is 1. The number of fused-ring (bicyclic) bond motifs is 3. The van der Waals surface area contributed by atoms with Crippen molar-refractivity contribution in [2.75, 3.05) is 11.9 Å². The maximum absolute atomic E-state index is 12.7. The zero-order valence-corrected chi connectivity index (χ0v) is 18.1. The lowest BCUT2D eigenvalue weighted by Crippen LogP contribution is -2.42. The third-order valence-electron chi connectivity index (χ3n) is 5.77. The molecule has 4 rings (SSSR count). The van der Waals surface area contributed by atoms with Crippen LogP contribution in [0.1, 0.15) is 33.8 Å². The summed E-state index contributed by atoms with van der Waals surface area (Å²) in [7, 11) is 0. The first-order valence-corrected chi connectivity index (χ1v) is 10.7. The standard InChI is InChI=1S/C26H22N2O6/c29-15-27-22-12-6-5-11-20(22)24(30)13-23(25(31)32)28-26(33)34-14-21-18-9-3-1-7-16(18)17-8-2-4-10-19(17)21/h1-12,15,21,23H,13-14H2,(H,27,29)(H,28,33)(H,31,32)/t23-/m0/s1. The van der Waals surface area contributed by atoms with E-state index in [0.717, 1.165) is 22.3 Å². The van der Waals surface area contributed by atoms with Crippen molar-refractivity contribution in [1.29, 1.82) is 0 Å². The van der Waals surface area contributed by atoms with E-state index in [-0.39, 0.29) is 23.8 Å². The van der Waals surface area contributed by atoms with Gasteiger partial charge in [-0.15, -0.1) is 0 Å². The maximum atomic E-state index is 12.7. The maximum Gasteiger partial charge on any atom is 0.407 e. The Kier molecular flexibility index (Phi) is 6.68. The fourth-order valence-corrected chi connectivity index (χ4v) is 4.19. The highest BCUT2D eigenvalue weighted by atomic mass is 16.5. The lowest BCUT2D eigenvalue weighted by molar-refractivity contribution is -0.139. The predicted octanol–water partition coefficient (Wildman–Crippen LogP) is 3.82. The van der Waals surface area contributed by atoms with E-state index in [0.29, 0.717) is 6.41 Å². The number of rotatable bonds is 9. The van der Waals surface area contributed by atoms with E-state index in [9.17, 15) is 24.3 Å². The van der Waals surface area contributed by atoms with E-state index >= 15 is 0 Å². The van der Waals surface area contributed by atoms with Crippen molar-refractivity contribution in [3.8, 4) is 11.1 Å². The SMILES string of the molecule is O=CNc1ccccc1C(=O)C[C@H](NC(=O)OCC1c2ccccc2-c2ccccc21)C(=O)O. The summed E-state index contributed by atoms with van der Waals surface area (Å²) in [6.07, 6.45) is -1.01. The van der Waals surface area contributed by atoms with E-state index in [1.54, 1.807) is 12.1 Å². The molecule has 3 aromatic rings. The summed E-state index contributed by atoms with van der Waals surface area (Å²) >= 11 is 0. The molecule has 8 nitrogen and oxygen atoms in total. The normalized spacial score (nSPS) is 12.7. The topological polar surface area (TPSA) is 122 Å². The Morgan fingerprint density at radius 1 is 0.912 bits per heavy atom. The number of amides is 2. The van der Waals surface area contributed by atoms with Crippen LogP contribution < -0.4 is 10.6 Å². The minimum atomic E-state index is -1.49. The number of carbonyl (C=O) groups excluding carboxylic acids is 3. The Morgan fingerprint density at radius 3 is 2.12 bits per heavy atom. The zero-order chi connectivity index (χ0) is 24.1. The van der Waals surface area contributed by atoms with E-state index in [4.69, 9.17) is 4.74 Å². The molecule has 8 heteroatoms. The van der Waals surface area contributed by atoms with Crippen LogP contribution in [0.15, 0.2) is 72.8 Å². The molecular formula is C26H22N2O6. The number of benzene rings is 3. The molecule has 3 aromatic carbocycles. The Morgan fingerprint density at radius 2 is 1.50 bits per heavy atom. The van der Waals surface area contributed by atoms with Gasteiger partial charge in [-0.05, 0) is 34.4 Å². The van der Waals surface area contributed by atoms with Crippen molar-refractivity contribution in [3.05, 3.63) is 89.5 Å². The van der Waals surface area contributed by atoms with E-state index in [2.05, 4.69) is 10.6 Å². The van der Waals surface area contributed by atoms with Crippen LogP contribution in [0, 0.1) is 0 Å². The highest BCUT2D eigenvalue weighted by Gasteiger charge is 2.30. The van der Waals surface area contributed by atoms with Gasteiger partial charge >= 0.3 is 12.1 Å². The van der Waals surface area contributed by atoms with E-state index in [1.807, 2.05) is 48.5 Å². The minimum absolute atomic E-state index is 0.0201. The average Bonchev–Trinajstić information content (AvgIpc) is 3.16. The van der Waals surface area contributed by atoms with Gasteiger partial charge in [0.15, 0.2) is 5.78 Å². The number of aliphatic carboxylic acids is 1. The molecule has 0 bridgehead atoms. The summed E-state index contributed by atoms with van der Waals surface area (Å²) in [5.74, 6) is -2.09. The number of ether oxygens (including phenoxy) is 1. The number of para-hydroxylation sites is 1. The number of alkyl carbamates (subject to hydrolysis) is 1. The summed E-state index contributed by atoms with van der Waals surface area (Å²) in [6, 6.07) is 20.4. The molecule has 1 aliphatic rings. The number of hydrogen-bond acceptors (Lipinski definition) is 5. The van der Waals surface area contributed by atoms with E-state index < -0.39 is 30.3 Å². The number of carboxylic acids is 1. The zero-order valence-electron chi connectivity index (χ0n) is 18.1. The van der Waals surface area contributed by atoms with Crippen LogP contribution in [-0.2, 0) is 14.3 Å². The summed E-state index contributed by atoms with van der Waals surface area (Å²) in [5, 5.41) is 14.2. The molecule has 172 valence electrons. The Hall–Kier alpha value is -4.46. The van der Waals surface area contributed by atoms with Crippen LogP contribution in [0.4, 0.5) is 10.5 Å². The first-order chi connectivity index (χ1) is 16.5. The first-order valence-electron chi connectivity index (χ1n) is 10.7. The van der Waals surface area contributed by atoms with Gasteiger partial charge in [0.2, 0.25) is 6.41 Å². The summed E-state index contributed by atoms with van der Waals surface area (Å²) in [6.45, 7) is 0.0201. The molecule has 0 aliphatic heterocycles. The van der Waals surface area contributed by atoms with Crippen molar-refractivity contribution >= 4 is 29.9 Å². The molecule has 1 atom stereocenters. The van der Waals surface area contributed by atoms with Crippen LogP contribution in [-0.4, -0.2) is 42.0 Å². The molecule has 1 aliphatic carbocycles. The lowest BCUT2D eigenvalue weighted by atomic mass is 9.98. The molecule has 0 heterocycles. The molecule has 0 spiro atoms. The van der Waals surface area contributed by atoms with E-state index in [1.165, 1.54) is 12.1 Å². The van der Waals surface area contributed by atoms with Crippen LogP contribution >= 0.6 is 0 Å². The van der Waals surface area contributed by atoms with Crippen LogP contribution in [0.25, 0.3) is 11.1 Å².